The second-order valence-electron chi connectivity index (χ2n) is 6.70. The van der Waals surface area contributed by atoms with Crippen LogP contribution in [-0.4, -0.2) is 35.9 Å². The molecule has 0 fully saturated rings. The third-order valence-electron chi connectivity index (χ3n) is 4.37. The Kier molecular flexibility index (Phi) is 7.55. The molecule has 1 aromatic heterocycles. The van der Waals surface area contributed by atoms with Gasteiger partial charge in [-0.05, 0) is 31.0 Å². The summed E-state index contributed by atoms with van der Waals surface area (Å²) in [6, 6.07) is 17.7. The lowest BCUT2D eigenvalue weighted by Gasteiger charge is -2.13. The maximum Gasteiger partial charge on any atom is 0.341 e. The number of ether oxygens (including phenoxy) is 3. The largest absolute Gasteiger partial charge is 0.481 e. The Hall–Kier alpha value is -2.96. The van der Waals surface area contributed by atoms with Crippen molar-refractivity contribution in [1.29, 1.82) is 0 Å². The van der Waals surface area contributed by atoms with E-state index in [4.69, 9.17) is 19.3 Å². The number of pyridine rings is 1. The highest BCUT2D eigenvalue weighted by atomic mass is 16.5. The SMILES string of the molecule is Cc1cccc(COCCCOCc2ccc3ccccc3n2)c1OCC(=O)O. The molecule has 0 bridgehead atoms. The van der Waals surface area contributed by atoms with Crippen LogP contribution in [0.4, 0.5) is 0 Å². The molecular formula is C23H25NO5. The molecule has 29 heavy (non-hydrogen) atoms. The number of para-hydroxylation sites is 2. The van der Waals surface area contributed by atoms with Gasteiger partial charge in [0.25, 0.3) is 0 Å². The van der Waals surface area contributed by atoms with Gasteiger partial charge in [-0.2, -0.15) is 0 Å². The summed E-state index contributed by atoms with van der Waals surface area (Å²) < 4.78 is 16.8. The van der Waals surface area contributed by atoms with Crippen molar-refractivity contribution in [2.24, 2.45) is 0 Å². The zero-order chi connectivity index (χ0) is 20.5. The normalized spacial score (nSPS) is 10.9. The quantitative estimate of drug-likeness (QED) is 0.492. The number of aliphatic carboxylic acids is 1. The van der Waals surface area contributed by atoms with Gasteiger partial charge in [0, 0.05) is 24.2 Å². The minimum absolute atomic E-state index is 0.364. The van der Waals surface area contributed by atoms with Crippen LogP contribution in [0, 0.1) is 6.92 Å². The highest BCUT2D eigenvalue weighted by Gasteiger charge is 2.09. The fraction of sp³-hybridized carbons (Fsp3) is 0.304. The summed E-state index contributed by atoms with van der Waals surface area (Å²) in [6.45, 7) is 3.46. The minimum atomic E-state index is -1.00. The third kappa shape index (κ3) is 6.27. The molecule has 0 aliphatic heterocycles. The van der Waals surface area contributed by atoms with E-state index in [1.807, 2.05) is 55.5 Å². The van der Waals surface area contributed by atoms with Gasteiger partial charge in [-0.15, -0.1) is 0 Å². The average molecular weight is 395 g/mol. The van der Waals surface area contributed by atoms with E-state index in [9.17, 15) is 4.79 Å². The number of benzene rings is 2. The molecule has 1 heterocycles. The maximum absolute atomic E-state index is 10.7. The van der Waals surface area contributed by atoms with Crippen LogP contribution >= 0.6 is 0 Å². The molecular weight excluding hydrogens is 370 g/mol. The van der Waals surface area contributed by atoms with Crippen molar-refractivity contribution in [3.05, 3.63) is 71.4 Å². The first-order valence-electron chi connectivity index (χ1n) is 9.57. The number of rotatable bonds is 11. The van der Waals surface area contributed by atoms with Crippen LogP contribution in [0.1, 0.15) is 23.2 Å². The lowest BCUT2D eigenvalue weighted by molar-refractivity contribution is -0.139. The molecule has 0 amide bonds. The molecule has 0 atom stereocenters. The number of nitrogens with zero attached hydrogens (tertiary/aromatic N) is 1. The van der Waals surface area contributed by atoms with Crippen LogP contribution in [-0.2, 0) is 27.5 Å². The van der Waals surface area contributed by atoms with E-state index in [1.54, 1.807) is 0 Å². The molecule has 0 saturated heterocycles. The Morgan fingerprint density at radius 1 is 0.966 bits per heavy atom. The number of carboxylic acid groups (broad SMARTS) is 1. The van der Waals surface area contributed by atoms with Crippen LogP contribution in [0.5, 0.6) is 5.75 Å². The number of aryl methyl sites for hydroxylation is 1. The van der Waals surface area contributed by atoms with Crippen LogP contribution in [0.2, 0.25) is 0 Å². The van der Waals surface area contributed by atoms with Crippen LogP contribution in [0.25, 0.3) is 10.9 Å². The molecule has 3 rings (SSSR count). The lowest BCUT2D eigenvalue weighted by atomic mass is 10.1. The summed E-state index contributed by atoms with van der Waals surface area (Å²) in [5.41, 5.74) is 3.60. The molecule has 0 aliphatic carbocycles. The molecule has 0 spiro atoms. The number of fused-ring (bicyclic) bond motifs is 1. The topological polar surface area (TPSA) is 77.9 Å². The minimum Gasteiger partial charge on any atom is -0.481 e. The second-order valence-corrected chi connectivity index (χ2v) is 6.70. The van der Waals surface area contributed by atoms with Gasteiger partial charge >= 0.3 is 5.97 Å². The molecule has 6 heteroatoms. The highest BCUT2D eigenvalue weighted by Crippen LogP contribution is 2.24. The van der Waals surface area contributed by atoms with Crippen molar-refractivity contribution >= 4 is 16.9 Å². The third-order valence-corrected chi connectivity index (χ3v) is 4.37. The standard InChI is InChI=1S/C23H25NO5/c1-17-6-4-8-19(23(17)29-16-22(25)26)14-27-12-5-13-28-15-20-11-10-18-7-2-3-9-21(18)24-20/h2-4,6-11H,5,12-16H2,1H3,(H,25,26). The number of carbonyl (C=O) groups is 1. The van der Waals surface area contributed by atoms with Gasteiger partial charge in [0.15, 0.2) is 6.61 Å². The fourth-order valence-corrected chi connectivity index (χ4v) is 2.98. The lowest BCUT2D eigenvalue weighted by Crippen LogP contribution is -2.12. The van der Waals surface area contributed by atoms with E-state index < -0.39 is 5.97 Å². The van der Waals surface area contributed by atoms with Gasteiger partial charge in [-0.3, -0.25) is 4.98 Å². The van der Waals surface area contributed by atoms with Crippen LogP contribution < -0.4 is 4.74 Å². The molecule has 0 unspecified atom stereocenters. The monoisotopic (exact) mass is 395 g/mol. The van der Waals surface area contributed by atoms with Crippen molar-refractivity contribution in [1.82, 2.24) is 4.98 Å². The Labute approximate surface area is 170 Å². The summed E-state index contributed by atoms with van der Waals surface area (Å²) >= 11 is 0. The number of carboxylic acids is 1. The van der Waals surface area contributed by atoms with E-state index >= 15 is 0 Å². The molecule has 0 saturated carbocycles. The predicted octanol–water partition coefficient (Wildman–Crippen LogP) is 4.13. The first kappa shape index (κ1) is 20.8. The first-order chi connectivity index (χ1) is 14.1. The van der Waals surface area contributed by atoms with E-state index in [0.29, 0.717) is 32.2 Å². The van der Waals surface area contributed by atoms with E-state index in [2.05, 4.69) is 11.1 Å². The Morgan fingerprint density at radius 2 is 1.76 bits per heavy atom. The van der Waals surface area contributed by atoms with Gasteiger partial charge < -0.3 is 19.3 Å². The van der Waals surface area contributed by atoms with Crippen molar-refractivity contribution < 1.29 is 24.1 Å². The van der Waals surface area contributed by atoms with Crippen LogP contribution in [0.15, 0.2) is 54.6 Å². The van der Waals surface area contributed by atoms with Crippen LogP contribution in [0.3, 0.4) is 0 Å². The molecule has 0 aliphatic rings. The van der Waals surface area contributed by atoms with Gasteiger partial charge in [0.2, 0.25) is 0 Å². The van der Waals surface area contributed by atoms with Crippen molar-refractivity contribution in [2.45, 2.75) is 26.6 Å². The number of hydrogen-bond acceptors (Lipinski definition) is 5. The summed E-state index contributed by atoms with van der Waals surface area (Å²) in [5.74, 6) is -0.424. The Balaban J connectivity index is 1.37. The molecule has 0 radical (unpaired) electrons. The zero-order valence-electron chi connectivity index (χ0n) is 16.5. The number of aromatic nitrogens is 1. The average Bonchev–Trinajstić information content (AvgIpc) is 2.72. The Morgan fingerprint density at radius 3 is 2.59 bits per heavy atom. The second kappa shape index (κ2) is 10.5. The summed E-state index contributed by atoms with van der Waals surface area (Å²) in [5, 5.41) is 9.93. The highest BCUT2D eigenvalue weighted by molar-refractivity contribution is 5.78. The molecule has 6 nitrogen and oxygen atoms in total. The molecule has 152 valence electrons. The summed E-state index contributed by atoms with van der Waals surface area (Å²) in [7, 11) is 0. The van der Waals surface area contributed by atoms with Gasteiger partial charge in [0.05, 0.1) is 24.4 Å². The molecule has 3 aromatic rings. The predicted molar refractivity (Wildman–Crippen MR) is 110 cm³/mol. The van der Waals surface area contributed by atoms with E-state index in [1.165, 1.54) is 0 Å². The Bertz CT molecular complexity index is 957. The summed E-state index contributed by atoms with van der Waals surface area (Å²) in [4.78, 5) is 15.3. The van der Waals surface area contributed by atoms with Crippen molar-refractivity contribution in [3.63, 3.8) is 0 Å². The van der Waals surface area contributed by atoms with Gasteiger partial charge in [0.1, 0.15) is 5.75 Å². The molecule has 2 aromatic carbocycles. The first-order valence-corrected chi connectivity index (χ1v) is 9.57. The van der Waals surface area contributed by atoms with E-state index in [-0.39, 0.29) is 6.61 Å². The number of hydrogen-bond donors (Lipinski definition) is 1. The van der Waals surface area contributed by atoms with Gasteiger partial charge in [-0.25, -0.2) is 4.79 Å². The van der Waals surface area contributed by atoms with Crippen molar-refractivity contribution in [3.8, 4) is 5.75 Å². The fourth-order valence-electron chi connectivity index (χ4n) is 2.98. The summed E-state index contributed by atoms with van der Waals surface area (Å²) in [6.07, 6.45) is 0.755. The van der Waals surface area contributed by atoms with E-state index in [0.717, 1.165) is 34.1 Å². The zero-order valence-corrected chi connectivity index (χ0v) is 16.5. The maximum atomic E-state index is 10.7. The van der Waals surface area contributed by atoms with Gasteiger partial charge in [-0.1, -0.05) is 42.5 Å². The van der Waals surface area contributed by atoms with Crippen molar-refractivity contribution in [2.75, 3.05) is 19.8 Å². The molecule has 1 N–H and O–H groups in total. The smallest absolute Gasteiger partial charge is 0.341 e.